The molecule has 26 heavy (non-hydrogen) atoms. The molecule has 0 saturated carbocycles. The highest BCUT2D eigenvalue weighted by Gasteiger charge is 2.31. The van der Waals surface area contributed by atoms with Crippen LogP contribution in [0.5, 0.6) is 0 Å². The smallest absolute Gasteiger partial charge is 0.313 e. The first-order valence-electron chi connectivity index (χ1n) is 8.68. The fourth-order valence-electron chi connectivity index (χ4n) is 3.55. The summed E-state index contributed by atoms with van der Waals surface area (Å²) in [7, 11) is 0. The Morgan fingerprint density at radius 2 is 1.92 bits per heavy atom. The number of rotatable bonds is 4. The van der Waals surface area contributed by atoms with Crippen LogP contribution in [-0.4, -0.2) is 30.8 Å². The van der Waals surface area contributed by atoms with Crippen molar-refractivity contribution in [3.8, 4) is 0 Å². The maximum atomic E-state index is 12.1. The van der Waals surface area contributed by atoms with Crippen LogP contribution in [0, 0.1) is 0 Å². The Bertz CT molecular complexity index is 876. The van der Waals surface area contributed by atoms with E-state index in [0.29, 0.717) is 38.0 Å². The molecule has 2 N–H and O–H groups in total. The van der Waals surface area contributed by atoms with Gasteiger partial charge in [0.05, 0.1) is 5.69 Å². The fourth-order valence-corrected chi connectivity index (χ4v) is 4.26. The summed E-state index contributed by atoms with van der Waals surface area (Å²) in [6, 6.07) is 5.75. The van der Waals surface area contributed by atoms with Gasteiger partial charge in [-0.1, -0.05) is 0 Å². The third-order valence-electron chi connectivity index (χ3n) is 4.80. The molecule has 1 aromatic heterocycles. The van der Waals surface area contributed by atoms with Gasteiger partial charge in [0.1, 0.15) is 0 Å². The van der Waals surface area contributed by atoms with Gasteiger partial charge in [0.25, 0.3) is 0 Å². The molecule has 1 aromatic carbocycles. The molecule has 2 aliphatic rings. The highest BCUT2D eigenvalue weighted by molar-refractivity contribution is 7.07. The maximum Gasteiger partial charge on any atom is 0.313 e. The zero-order valence-corrected chi connectivity index (χ0v) is 15.0. The molecule has 3 heterocycles. The van der Waals surface area contributed by atoms with E-state index < -0.39 is 11.8 Å². The Labute approximate surface area is 155 Å². The summed E-state index contributed by atoms with van der Waals surface area (Å²) in [5, 5.41) is 9.34. The number of hydrogen-bond acceptors (Lipinski definition) is 4. The number of carbonyl (C=O) groups is 3. The summed E-state index contributed by atoms with van der Waals surface area (Å²) in [6.07, 6.45) is 2.65. The third kappa shape index (κ3) is 3.22. The Hall–Kier alpha value is -2.67. The molecule has 134 valence electrons. The maximum absolute atomic E-state index is 12.1. The van der Waals surface area contributed by atoms with E-state index in [4.69, 9.17) is 0 Å². The summed E-state index contributed by atoms with van der Waals surface area (Å²) in [6.45, 7) is 1.12. The minimum atomic E-state index is -0.663. The number of amides is 3. The Kier molecular flexibility index (Phi) is 4.46. The SMILES string of the molecule is O=C(NCCc1ccsc1)C(=O)Nc1cc2c3c(c1)CCN3C(=O)CC2. The minimum Gasteiger partial charge on any atom is -0.347 e. The molecule has 0 atom stereocenters. The molecule has 2 aliphatic heterocycles. The lowest BCUT2D eigenvalue weighted by Crippen LogP contribution is -2.36. The quantitative estimate of drug-likeness (QED) is 0.808. The van der Waals surface area contributed by atoms with Crippen molar-refractivity contribution in [2.24, 2.45) is 0 Å². The van der Waals surface area contributed by atoms with E-state index in [-0.39, 0.29) is 5.91 Å². The number of thiophene rings is 1. The van der Waals surface area contributed by atoms with Crippen LogP contribution in [0.1, 0.15) is 23.1 Å². The van der Waals surface area contributed by atoms with Crippen molar-refractivity contribution in [2.45, 2.75) is 25.7 Å². The molecule has 0 bridgehead atoms. The summed E-state index contributed by atoms with van der Waals surface area (Å²) >= 11 is 1.61. The van der Waals surface area contributed by atoms with Gasteiger partial charge in [0.15, 0.2) is 0 Å². The predicted octanol–water partition coefficient (Wildman–Crippen LogP) is 1.88. The van der Waals surface area contributed by atoms with Gasteiger partial charge in [-0.15, -0.1) is 0 Å². The second-order valence-corrected chi connectivity index (χ2v) is 7.31. The van der Waals surface area contributed by atoms with Crippen LogP contribution in [0.25, 0.3) is 0 Å². The lowest BCUT2D eigenvalue weighted by atomic mass is 9.98. The number of benzene rings is 1. The number of nitrogens with zero attached hydrogens (tertiary/aromatic N) is 1. The van der Waals surface area contributed by atoms with Crippen LogP contribution in [0.3, 0.4) is 0 Å². The van der Waals surface area contributed by atoms with Crippen LogP contribution in [-0.2, 0) is 33.6 Å². The highest BCUT2D eigenvalue weighted by atomic mass is 32.1. The molecule has 0 fully saturated rings. The summed E-state index contributed by atoms with van der Waals surface area (Å²) in [5.74, 6) is -1.13. The van der Waals surface area contributed by atoms with E-state index in [1.54, 1.807) is 11.3 Å². The van der Waals surface area contributed by atoms with Crippen LogP contribution in [0.15, 0.2) is 29.0 Å². The van der Waals surface area contributed by atoms with Gasteiger partial charge < -0.3 is 15.5 Å². The van der Waals surface area contributed by atoms with Crippen molar-refractivity contribution in [1.29, 1.82) is 0 Å². The van der Waals surface area contributed by atoms with Crippen molar-refractivity contribution in [3.63, 3.8) is 0 Å². The molecule has 0 radical (unpaired) electrons. The standard InChI is InChI=1S/C19H19N3O3S/c23-16-2-1-13-9-15(10-14-4-7-22(16)17(13)14)21-19(25)18(24)20-6-3-12-5-8-26-11-12/h5,8-11H,1-4,6-7H2,(H,20,24)(H,21,25). The van der Waals surface area contributed by atoms with Crippen LogP contribution in [0.4, 0.5) is 11.4 Å². The van der Waals surface area contributed by atoms with E-state index in [9.17, 15) is 14.4 Å². The Morgan fingerprint density at radius 3 is 2.69 bits per heavy atom. The van der Waals surface area contributed by atoms with Crippen molar-refractivity contribution in [1.82, 2.24) is 5.32 Å². The van der Waals surface area contributed by atoms with Crippen molar-refractivity contribution < 1.29 is 14.4 Å². The fraction of sp³-hybridized carbons (Fsp3) is 0.316. The van der Waals surface area contributed by atoms with E-state index >= 15 is 0 Å². The van der Waals surface area contributed by atoms with Crippen molar-refractivity contribution in [3.05, 3.63) is 45.6 Å². The van der Waals surface area contributed by atoms with Gasteiger partial charge in [0.2, 0.25) is 5.91 Å². The lowest BCUT2D eigenvalue weighted by molar-refractivity contribution is -0.136. The topological polar surface area (TPSA) is 78.5 Å². The van der Waals surface area contributed by atoms with Gasteiger partial charge in [-0.2, -0.15) is 11.3 Å². The second kappa shape index (κ2) is 6.92. The minimum absolute atomic E-state index is 0.165. The lowest BCUT2D eigenvalue weighted by Gasteiger charge is -2.25. The third-order valence-corrected chi connectivity index (χ3v) is 5.53. The first-order chi connectivity index (χ1) is 12.6. The summed E-state index contributed by atoms with van der Waals surface area (Å²) < 4.78 is 0. The number of hydrogen-bond donors (Lipinski definition) is 2. The number of aryl methyl sites for hydroxylation is 1. The Balaban J connectivity index is 1.39. The van der Waals surface area contributed by atoms with Gasteiger partial charge in [-0.05, 0) is 64.9 Å². The molecule has 4 rings (SSSR count). The van der Waals surface area contributed by atoms with Crippen molar-refractivity contribution >= 4 is 40.4 Å². The summed E-state index contributed by atoms with van der Waals surface area (Å²) in [5.41, 5.74) is 4.89. The molecule has 7 heteroatoms. The van der Waals surface area contributed by atoms with E-state index in [0.717, 1.165) is 28.8 Å². The predicted molar refractivity (Wildman–Crippen MR) is 100 cm³/mol. The molecule has 6 nitrogen and oxygen atoms in total. The summed E-state index contributed by atoms with van der Waals surface area (Å²) in [4.78, 5) is 37.9. The monoisotopic (exact) mass is 369 g/mol. The normalized spacial score (nSPS) is 14.9. The molecule has 0 spiro atoms. The zero-order valence-electron chi connectivity index (χ0n) is 14.2. The van der Waals surface area contributed by atoms with Gasteiger partial charge in [0, 0.05) is 25.2 Å². The average molecular weight is 369 g/mol. The first-order valence-corrected chi connectivity index (χ1v) is 9.62. The molecular formula is C19H19N3O3S. The van der Waals surface area contributed by atoms with Crippen LogP contribution in [0.2, 0.25) is 0 Å². The van der Waals surface area contributed by atoms with Gasteiger partial charge in [-0.3, -0.25) is 14.4 Å². The molecule has 0 saturated heterocycles. The van der Waals surface area contributed by atoms with Crippen molar-refractivity contribution in [2.75, 3.05) is 23.3 Å². The second-order valence-electron chi connectivity index (χ2n) is 6.53. The molecule has 3 amide bonds. The van der Waals surface area contributed by atoms with Crippen LogP contribution < -0.4 is 15.5 Å². The molecular weight excluding hydrogens is 350 g/mol. The van der Waals surface area contributed by atoms with E-state index in [1.165, 1.54) is 0 Å². The average Bonchev–Trinajstić information content (AvgIpc) is 3.28. The Morgan fingerprint density at radius 1 is 1.12 bits per heavy atom. The molecule has 2 aromatic rings. The molecule has 0 unspecified atom stereocenters. The first kappa shape index (κ1) is 16.8. The van der Waals surface area contributed by atoms with Gasteiger partial charge in [-0.25, -0.2) is 0 Å². The van der Waals surface area contributed by atoms with E-state index in [1.807, 2.05) is 33.9 Å². The van der Waals surface area contributed by atoms with Crippen LogP contribution >= 0.6 is 11.3 Å². The largest absolute Gasteiger partial charge is 0.347 e. The number of nitrogens with one attached hydrogen (secondary N) is 2. The van der Waals surface area contributed by atoms with Gasteiger partial charge >= 0.3 is 11.8 Å². The number of carbonyl (C=O) groups excluding carboxylic acids is 3. The highest BCUT2D eigenvalue weighted by Crippen LogP contribution is 2.38. The zero-order chi connectivity index (χ0) is 18.1. The number of anilines is 2. The van der Waals surface area contributed by atoms with E-state index in [2.05, 4.69) is 10.6 Å². The molecule has 0 aliphatic carbocycles.